The van der Waals surface area contributed by atoms with Crippen LogP contribution in [0.4, 0.5) is 8.78 Å². The Balaban J connectivity index is 2.41. The molecule has 0 unspecified atom stereocenters. The van der Waals surface area contributed by atoms with Gasteiger partial charge in [0, 0.05) is 11.4 Å². The molecule has 0 aromatic heterocycles. The van der Waals surface area contributed by atoms with Gasteiger partial charge in [-0.15, -0.1) is 11.6 Å². The molecule has 0 heterocycles. The van der Waals surface area contributed by atoms with Gasteiger partial charge in [0.15, 0.2) is 11.6 Å². The number of hydrogen-bond donors (Lipinski definition) is 0. The highest BCUT2D eigenvalue weighted by Crippen LogP contribution is 2.30. The molecule has 2 rings (SSSR count). The van der Waals surface area contributed by atoms with Crippen molar-refractivity contribution >= 4 is 11.6 Å². The van der Waals surface area contributed by atoms with Crippen molar-refractivity contribution in [2.24, 2.45) is 0 Å². The Morgan fingerprint density at radius 1 is 1.00 bits per heavy atom. The number of benzene rings is 2. The fourth-order valence-electron chi connectivity index (χ4n) is 1.80. The lowest BCUT2D eigenvalue weighted by atomic mass is 10.0. The van der Waals surface area contributed by atoms with Crippen LogP contribution in [0.5, 0.6) is 5.75 Å². The minimum Gasteiger partial charge on any atom is -0.491 e. The summed E-state index contributed by atoms with van der Waals surface area (Å²) in [6.07, 6.45) is 0. The zero-order valence-corrected chi connectivity index (χ0v) is 11.2. The number of alkyl halides is 1. The first-order chi connectivity index (χ1) is 9.17. The molecule has 2 aromatic rings. The van der Waals surface area contributed by atoms with E-state index in [2.05, 4.69) is 0 Å². The van der Waals surface area contributed by atoms with Crippen molar-refractivity contribution in [3.05, 3.63) is 53.6 Å². The van der Waals surface area contributed by atoms with E-state index in [9.17, 15) is 8.78 Å². The highest BCUT2D eigenvalue weighted by Gasteiger charge is 2.15. The van der Waals surface area contributed by atoms with Gasteiger partial charge in [-0.2, -0.15) is 4.39 Å². The van der Waals surface area contributed by atoms with E-state index in [0.29, 0.717) is 18.1 Å². The summed E-state index contributed by atoms with van der Waals surface area (Å²) in [5.41, 5.74) is 1.74. The van der Waals surface area contributed by atoms with Crippen LogP contribution in [-0.4, -0.2) is 6.61 Å². The van der Waals surface area contributed by atoms with Gasteiger partial charge in [0.2, 0.25) is 5.82 Å². The van der Waals surface area contributed by atoms with E-state index in [4.69, 9.17) is 16.3 Å². The number of hydrogen-bond acceptors (Lipinski definition) is 1. The predicted molar refractivity (Wildman–Crippen MR) is 72.5 cm³/mol. The molecule has 0 aliphatic rings. The quantitative estimate of drug-likeness (QED) is 0.734. The Labute approximate surface area is 115 Å². The Kier molecular flexibility index (Phi) is 4.38. The van der Waals surface area contributed by atoms with Crippen molar-refractivity contribution in [3.8, 4) is 16.9 Å². The summed E-state index contributed by atoms with van der Waals surface area (Å²) in [5, 5.41) is 0. The molecule has 0 spiro atoms. The van der Waals surface area contributed by atoms with E-state index in [1.807, 2.05) is 0 Å². The molecule has 0 bridgehead atoms. The number of ether oxygens (including phenoxy) is 1. The van der Waals surface area contributed by atoms with Crippen LogP contribution in [0.2, 0.25) is 0 Å². The second kappa shape index (κ2) is 6.02. The summed E-state index contributed by atoms with van der Waals surface area (Å²) < 4.78 is 32.7. The van der Waals surface area contributed by atoms with E-state index >= 15 is 0 Å². The maximum absolute atomic E-state index is 14.0. The average Bonchev–Trinajstić information content (AvgIpc) is 2.45. The molecule has 2 aromatic carbocycles. The van der Waals surface area contributed by atoms with Gasteiger partial charge in [0.25, 0.3) is 0 Å². The van der Waals surface area contributed by atoms with Crippen molar-refractivity contribution in [2.45, 2.75) is 12.8 Å². The van der Waals surface area contributed by atoms with E-state index in [1.165, 1.54) is 12.1 Å². The molecule has 19 heavy (non-hydrogen) atoms. The molecule has 0 saturated heterocycles. The maximum atomic E-state index is 14.0. The van der Waals surface area contributed by atoms with Crippen LogP contribution in [-0.2, 0) is 5.88 Å². The number of halogens is 3. The van der Waals surface area contributed by atoms with Crippen LogP contribution in [0.3, 0.4) is 0 Å². The minimum atomic E-state index is -0.958. The van der Waals surface area contributed by atoms with E-state index < -0.39 is 11.6 Å². The van der Waals surface area contributed by atoms with Crippen LogP contribution in [0.1, 0.15) is 12.5 Å². The Bertz CT molecular complexity index is 567. The molecular weight excluding hydrogens is 270 g/mol. The van der Waals surface area contributed by atoms with Crippen molar-refractivity contribution in [3.63, 3.8) is 0 Å². The molecule has 4 heteroatoms. The highest BCUT2D eigenvalue weighted by atomic mass is 35.5. The van der Waals surface area contributed by atoms with Crippen molar-refractivity contribution in [1.29, 1.82) is 0 Å². The normalized spacial score (nSPS) is 10.5. The summed E-state index contributed by atoms with van der Waals surface area (Å²) >= 11 is 5.69. The molecule has 0 aliphatic heterocycles. The molecule has 0 N–H and O–H groups in total. The summed E-state index contributed by atoms with van der Waals surface area (Å²) in [4.78, 5) is 0. The third-order valence-electron chi connectivity index (χ3n) is 2.77. The van der Waals surface area contributed by atoms with Gasteiger partial charge in [-0.25, -0.2) is 4.39 Å². The van der Waals surface area contributed by atoms with Crippen molar-refractivity contribution < 1.29 is 13.5 Å². The second-order valence-corrected chi connectivity index (χ2v) is 4.27. The highest BCUT2D eigenvalue weighted by molar-refractivity contribution is 6.17. The zero-order chi connectivity index (χ0) is 13.8. The maximum Gasteiger partial charge on any atom is 0.201 e. The SMILES string of the molecule is CCOc1ccc(-c2ccc(CCl)cc2)c(F)c1F. The van der Waals surface area contributed by atoms with Crippen LogP contribution < -0.4 is 4.74 Å². The Morgan fingerprint density at radius 3 is 2.26 bits per heavy atom. The van der Waals surface area contributed by atoms with Crippen LogP contribution in [0.15, 0.2) is 36.4 Å². The van der Waals surface area contributed by atoms with Gasteiger partial charge in [-0.3, -0.25) is 0 Å². The van der Waals surface area contributed by atoms with Crippen LogP contribution >= 0.6 is 11.6 Å². The molecule has 0 amide bonds. The van der Waals surface area contributed by atoms with E-state index in [0.717, 1.165) is 5.56 Å². The average molecular weight is 283 g/mol. The van der Waals surface area contributed by atoms with Gasteiger partial charge in [0.1, 0.15) is 0 Å². The Hall–Kier alpha value is -1.61. The van der Waals surface area contributed by atoms with Crippen LogP contribution in [0, 0.1) is 11.6 Å². The molecule has 0 atom stereocenters. The second-order valence-electron chi connectivity index (χ2n) is 4.00. The predicted octanol–water partition coefficient (Wildman–Crippen LogP) is 4.77. The monoisotopic (exact) mass is 282 g/mol. The topological polar surface area (TPSA) is 9.23 Å². The molecule has 0 saturated carbocycles. The van der Waals surface area contributed by atoms with Gasteiger partial charge in [-0.05, 0) is 30.2 Å². The molecule has 0 radical (unpaired) electrons. The lowest BCUT2D eigenvalue weighted by Gasteiger charge is -2.09. The fraction of sp³-hybridized carbons (Fsp3) is 0.200. The van der Waals surface area contributed by atoms with Gasteiger partial charge >= 0.3 is 0 Å². The largest absolute Gasteiger partial charge is 0.491 e. The van der Waals surface area contributed by atoms with Gasteiger partial charge < -0.3 is 4.74 Å². The first kappa shape index (κ1) is 13.8. The molecule has 1 nitrogen and oxygen atoms in total. The zero-order valence-electron chi connectivity index (χ0n) is 10.4. The third kappa shape index (κ3) is 2.87. The summed E-state index contributed by atoms with van der Waals surface area (Å²) in [7, 11) is 0. The van der Waals surface area contributed by atoms with Gasteiger partial charge in [0.05, 0.1) is 6.61 Å². The standard InChI is InChI=1S/C15H13ClF2O/c1-2-19-13-8-7-12(14(17)15(13)18)11-5-3-10(9-16)4-6-11/h3-8H,2,9H2,1H3. The van der Waals surface area contributed by atoms with Crippen molar-refractivity contribution in [1.82, 2.24) is 0 Å². The Morgan fingerprint density at radius 2 is 1.68 bits per heavy atom. The smallest absolute Gasteiger partial charge is 0.201 e. The van der Waals surface area contributed by atoms with E-state index in [1.54, 1.807) is 31.2 Å². The summed E-state index contributed by atoms with van der Waals surface area (Å²) in [6, 6.07) is 9.96. The molecule has 0 aliphatic carbocycles. The first-order valence-electron chi connectivity index (χ1n) is 5.93. The van der Waals surface area contributed by atoms with Crippen LogP contribution in [0.25, 0.3) is 11.1 Å². The van der Waals surface area contributed by atoms with Crippen molar-refractivity contribution in [2.75, 3.05) is 6.61 Å². The number of rotatable bonds is 4. The first-order valence-corrected chi connectivity index (χ1v) is 6.47. The lowest BCUT2D eigenvalue weighted by molar-refractivity contribution is 0.314. The molecule has 0 fully saturated rings. The summed E-state index contributed by atoms with van der Waals surface area (Å²) in [5.74, 6) is -1.54. The minimum absolute atomic E-state index is 0.0684. The third-order valence-corrected chi connectivity index (χ3v) is 3.07. The lowest BCUT2D eigenvalue weighted by Crippen LogP contribution is -1.98. The van der Waals surface area contributed by atoms with E-state index in [-0.39, 0.29) is 11.3 Å². The molecular formula is C15H13ClF2O. The molecule has 100 valence electrons. The van der Waals surface area contributed by atoms with Gasteiger partial charge in [-0.1, -0.05) is 24.3 Å². The summed E-state index contributed by atoms with van der Waals surface area (Å²) in [6.45, 7) is 2.01. The fourth-order valence-corrected chi connectivity index (χ4v) is 1.97.